The van der Waals surface area contributed by atoms with E-state index in [1.165, 1.54) is 7.11 Å². The van der Waals surface area contributed by atoms with Crippen LogP contribution in [0.1, 0.15) is 31.1 Å². The number of methoxy groups -OCH3 is 1. The minimum absolute atomic E-state index is 0.369. The first-order valence-corrected chi connectivity index (χ1v) is 9.30. The van der Waals surface area contributed by atoms with Gasteiger partial charge in [0.05, 0.1) is 23.9 Å². The SMILES string of the molecule is CCOC(C)(C)C(=O)Oc1ccc(-c2nc3ccccc3cc2C(=O)OC)cc1. The number of hydrogen-bond acceptors (Lipinski definition) is 6. The first kappa shape index (κ1) is 20.5. The average Bonchev–Trinajstić information content (AvgIpc) is 2.72. The number of fused-ring (bicyclic) bond motifs is 1. The number of esters is 2. The van der Waals surface area contributed by atoms with Gasteiger partial charge in [0.1, 0.15) is 5.75 Å². The lowest BCUT2D eigenvalue weighted by molar-refractivity contribution is -0.157. The topological polar surface area (TPSA) is 74.7 Å². The highest BCUT2D eigenvalue weighted by Gasteiger charge is 2.30. The van der Waals surface area contributed by atoms with Crippen molar-refractivity contribution in [1.29, 1.82) is 0 Å². The zero-order chi connectivity index (χ0) is 21.0. The summed E-state index contributed by atoms with van der Waals surface area (Å²) in [5.41, 5.74) is 1.31. The molecule has 29 heavy (non-hydrogen) atoms. The van der Waals surface area contributed by atoms with E-state index in [0.29, 0.717) is 29.2 Å². The summed E-state index contributed by atoms with van der Waals surface area (Å²) < 4.78 is 15.8. The molecule has 0 aliphatic carbocycles. The van der Waals surface area contributed by atoms with E-state index < -0.39 is 17.5 Å². The largest absolute Gasteiger partial charge is 0.465 e. The van der Waals surface area contributed by atoms with Gasteiger partial charge < -0.3 is 14.2 Å². The molecule has 0 saturated heterocycles. The molecule has 6 nitrogen and oxygen atoms in total. The Balaban J connectivity index is 1.94. The molecular formula is C23H23NO5. The molecule has 0 radical (unpaired) electrons. The molecule has 3 aromatic rings. The van der Waals surface area contributed by atoms with Gasteiger partial charge in [-0.25, -0.2) is 14.6 Å². The van der Waals surface area contributed by atoms with Crippen LogP contribution in [0.25, 0.3) is 22.2 Å². The van der Waals surface area contributed by atoms with Crippen molar-refractivity contribution in [2.45, 2.75) is 26.4 Å². The quantitative estimate of drug-likeness (QED) is 0.456. The molecule has 0 aliphatic rings. The summed E-state index contributed by atoms with van der Waals surface area (Å²) >= 11 is 0. The Morgan fingerprint density at radius 1 is 1.03 bits per heavy atom. The summed E-state index contributed by atoms with van der Waals surface area (Å²) in [6, 6.07) is 16.1. The number of ether oxygens (including phenoxy) is 3. The number of hydrogen-bond donors (Lipinski definition) is 0. The van der Waals surface area contributed by atoms with E-state index in [9.17, 15) is 9.59 Å². The molecule has 2 aromatic carbocycles. The van der Waals surface area contributed by atoms with Crippen molar-refractivity contribution in [3.8, 4) is 17.0 Å². The van der Waals surface area contributed by atoms with Crippen LogP contribution in [0.3, 0.4) is 0 Å². The van der Waals surface area contributed by atoms with Crippen LogP contribution in [0, 0.1) is 0 Å². The molecule has 0 spiro atoms. The second-order valence-corrected chi connectivity index (χ2v) is 6.93. The Labute approximate surface area is 169 Å². The molecule has 3 rings (SSSR count). The number of rotatable bonds is 6. The second-order valence-electron chi connectivity index (χ2n) is 6.93. The van der Waals surface area contributed by atoms with Crippen molar-refractivity contribution in [3.05, 3.63) is 60.2 Å². The Bertz CT molecular complexity index is 1040. The Morgan fingerprint density at radius 3 is 2.38 bits per heavy atom. The van der Waals surface area contributed by atoms with Crippen molar-refractivity contribution in [2.75, 3.05) is 13.7 Å². The van der Waals surface area contributed by atoms with Gasteiger partial charge in [-0.2, -0.15) is 0 Å². The molecular weight excluding hydrogens is 370 g/mol. The van der Waals surface area contributed by atoms with Gasteiger partial charge in [-0.3, -0.25) is 0 Å². The maximum atomic E-state index is 12.3. The number of para-hydroxylation sites is 1. The molecule has 150 valence electrons. The highest BCUT2D eigenvalue weighted by molar-refractivity contribution is 6.00. The molecule has 0 saturated carbocycles. The van der Waals surface area contributed by atoms with Gasteiger partial charge in [-0.15, -0.1) is 0 Å². The van der Waals surface area contributed by atoms with Crippen molar-refractivity contribution in [2.24, 2.45) is 0 Å². The number of carbonyl (C=O) groups excluding carboxylic acids is 2. The van der Waals surface area contributed by atoms with Gasteiger partial charge in [0.25, 0.3) is 0 Å². The fourth-order valence-corrected chi connectivity index (χ4v) is 2.93. The highest BCUT2D eigenvalue weighted by atomic mass is 16.6. The van der Waals surface area contributed by atoms with Crippen LogP contribution >= 0.6 is 0 Å². The first-order chi connectivity index (χ1) is 13.9. The maximum Gasteiger partial charge on any atom is 0.343 e. The van der Waals surface area contributed by atoms with E-state index in [1.807, 2.05) is 31.2 Å². The van der Waals surface area contributed by atoms with Crippen LogP contribution in [0.5, 0.6) is 5.75 Å². The fourth-order valence-electron chi connectivity index (χ4n) is 2.93. The fraction of sp³-hybridized carbons (Fsp3) is 0.261. The number of pyridine rings is 1. The first-order valence-electron chi connectivity index (χ1n) is 9.30. The van der Waals surface area contributed by atoms with E-state index in [1.54, 1.807) is 44.2 Å². The molecule has 0 amide bonds. The van der Waals surface area contributed by atoms with Gasteiger partial charge in [0.2, 0.25) is 0 Å². The summed E-state index contributed by atoms with van der Waals surface area (Å²) in [4.78, 5) is 29.2. The third-order valence-electron chi connectivity index (χ3n) is 4.46. The zero-order valence-electron chi connectivity index (χ0n) is 16.9. The predicted molar refractivity (Wildman–Crippen MR) is 110 cm³/mol. The van der Waals surface area contributed by atoms with Gasteiger partial charge in [-0.1, -0.05) is 18.2 Å². The van der Waals surface area contributed by atoms with E-state index in [0.717, 1.165) is 10.9 Å². The van der Waals surface area contributed by atoms with E-state index in [-0.39, 0.29) is 0 Å². The lowest BCUT2D eigenvalue weighted by Gasteiger charge is -2.22. The molecule has 0 bridgehead atoms. The van der Waals surface area contributed by atoms with Crippen LogP contribution in [-0.4, -0.2) is 36.2 Å². The minimum Gasteiger partial charge on any atom is -0.465 e. The molecule has 0 fully saturated rings. The third-order valence-corrected chi connectivity index (χ3v) is 4.46. The van der Waals surface area contributed by atoms with Crippen molar-refractivity contribution in [1.82, 2.24) is 4.98 Å². The Hall–Kier alpha value is -3.25. The van der Waals surface area contributed by atoms with Crippen LogP contribution < -0.4 is 4.74 Å². The van der Waals surface area contributed by atoms with Gasteiger partial charge >= 0.3 is 11.9 Å². The Kier molecular flexibility index (Phi) is 5.94. The van der Waals surface area contributed by atoms with Crippen LogP contribution in [0.4, 0.5) is 0 Å². The summed E-state index contributed by atoms with van der Waals surface area (Å²) in [7, 11) is 1.34. The van der Waals surface area contributed by atoms with Crippen LogP contribution in [-0.2, 0) is 14.3 Å². The number of nitrogens with zero attached hydrogens (tertiary/aromatic N) is 1. The lowest BCUT2D eigenvalue weighted by atomic mass is 10.0. The minimum atomic E-state index is -1.04. The maximum absolute atomic E-state index is 12.3. The summed E-state index contributed by atoms with van der Waals surface area (Å²) in [5.74, 6) is -0.565. The average molecular weight is 393 g/mol. The normalized spacial score (nSPS) is 11.3. The third kappa shape index (κ3) is 4.43. The van der Waals surface area contributed by atoms with E-state index in [4.69, 9.17) is 14.2 Å². The number of aromatic nitrogens is 1. The monoisotopic (exact) mass is 393 g/mol. The molecule has 6 heteroatoms. The van der Waals surface area contributed by atoms with Crippen LogP contribution in [0.15, 0.2) is 54.6 Å². The van der Waals surface area contributed by atoms with Crippen molar-refractivity contribution in [3.63, 3.8) is 0 Å². The number of carbonyl (C=O) groups is 2. The van der Waals surface area contributed by atoms with Gasteiger partial charge in [0, 0.05) is 17.6 Å². The number of benzene rings is 2. The predicted octanol–water partition coefficient (Wildman–Crippen LogP) is 4.41. The molecule has 0 N–H and O–H groups in total. The summed E-state index contributed by atoms with van der Waals surface area (Å²) in [5, 5.41) is 0.848. The summed E-state index contributed by atoms with van der Waals surface area (Å²) in [6.45, 7) is 5.55. The van der Waals surface area contributed by atoms with E-state index >= 15 is 0 Å². The van der Waals surface area contributed by atoms with E-state index in [2.05, 4.69) is 4.98 Å². The van der Waals surface area contributed by atoms with Crippen molar-refractivity contribution >= 4 is 22.8 Å². The Morgan fingerprint density at radius 2 is 1.72 bits per heavy atom. The standard InChI is InChI=1S/C23H23NO5/c1-5-28-23(2,3)22(26)29-17-12-10-15(11-13-17)20-18(21(25)27-4)14-16-8-6-7-9-19(16)24-20/h6-14H,5H2,1-4H3. The summed E-state index contributed by atoms with van der Waals surface area (Å²) in [6.07, 6.45) is 0. The van der Waals surface area contributed by atoms with Gasteiger partial charge in [0.15, 0.2) is 5.60 Å². The molecule has 0 atom stereocenters. The lowest BCUT2D eigenvalue weighted by Crippen LogP contribution is -2.38. The highest BCUT2D eigenvalue weighted by Crippen LogP contribution is 2.28. The second kappa shape index (κ2) is 8.41. The van der Waals surface area contributed by atoms with Gasteiger partial charge in [-0.05, 0) is 57.2 Å². The smallest absolute Gasteiger partial charge is 0.343 e. The molecule has 1 heterocycles. The van der Waals surface area contributed by atoms with Crippen LogP contribution in [0.2, 0.25) is 0 Å². The van der Waals surface area contributed by atoms with Crippen molar-refractivity contribution < 1.29 is 23.8 Å². The molecule has 0 unspecified atom stereocenters. The molecule has 0 aliphatic heterocycles. The zero-order valence-corrected chi connectivity index (χ0v) is 16.9. The molecule has 1 aromatic heterocycles.